The first kappa shape index (κ1) is 17.9. The molecule has 1 unspecified atom stereocenters. The number of amides is 2. The fraction of sp³-hybridized carbons (Fsp3) is 0.182. The molecule has 0 saturated heterocycles. The number of nitrogens with one attached hydrogen (secondary N) is 1. The molecule has 1 atom stereocenters. The summed E-state index contributed by atoms with van der Waals surface area (Å²) in [5.74, 6) is -0.511. The summed E-state index contributed by atoms with van der Waals surface area (Å²) in [6, 6.07) is 14.3. The monoisotopic (exact) mass is 373 g/mol. The van der Waals surface area contributed by atoms with Crippen LogP contribution in [0.25, 0.3) is 22.0 Å². The molecule has 1 aliphatic rings. The summed E-state index contributed by atoms with van der Waals surface area (Å²) in [7, 11) is 1.53. The van der Waals surface area contributed by atoms with Gasteiger partial charge < -0.3 is 10.1 Å². The molecule has 0 bridgehead atoms. The highest BCUT2D eigenvalue weighted by Gasteiger charge is 2.38. The van der Waals surface area contributed by atoms with Crippen LogP contribution in [-0.2, 0) is 9.59 Å². The van der Waals surface area contributed by atoms with Crippen LogP contribution >= 0.6 is 0 Å². The van der Waals surface area contributed by atoms with Gasteiger partial charge in [0.25, 0.3) is 5.91 Å². The summed E-state index contributed by atoms with van der Waals surface area (Å²) >= 11 is 0. The lowest BCUT2D eigenvalue weighted by atomic mass is 9.98. The van der Waals surface area contributed by atoms with E-state index in [1.165, 1.54) is 11.9 Å². The molecular weight excluding hydrogens is 354 g/mol. The lowest BCUT2D eigenvalue weighted by Crippen LogP contribution is -2.47. The number of pyridine rings is 1. The third kappa shape index (κ3) is 2.74. The molecule has 0 spiro atoms. The van der Waals surface area contributed by atoms with Crippen LogP contribution in [0.15, 0.2) is 54.7 Å². The molecule has 6 nitrogen and oxygen atoms in total. The maximum atomic E-state index is 13.2. The van der Waals surface area contributed by atoms with Gasteiger partial charge in [0.05, 0.1) is 11.4 Å². The van der Waals surface area contributed by atoms with Crippen molar-refractivity contribution in [2.24, 2.45) is 0 Å². The normalized spacial score (nSPS) is 13.6. The Morgan fingerprint density at radius 1 is 1.14 bits per heavy atom. The summed E-state index contributed by atoms with van der Waals surface area (Å²) in [5, 5.41) is 4.34. The average molecular weight is 373 g/mol. The van der Waals surface area contributed by atoms with Crippen molar-refractivity contribution < 1.29 is 14.4 Å². The Balaban J connectivity index is 1.90. The number of rotatable bonds is 6. The Morgan fingerprint density at radius 3 is 2.68 bits per heavy atom. The van der Waals surface area contributed by atoms with E-state index in [1.54, 1.807) is 12.3 Å². The summed E-state index contributed by atoms with van der Waals surface area (Å²) in [4.78, 5) is 42.5. The zero-order valence-corrected chi connectivity index (χ0v) is 15.4. The molecule has 4 rings (SSSR count). The number of aromatic nitrogens is 1. The average Bonchev–Trinajstić information content (AvgIpc) is 3.02. The third-order valence-electron chi connectivity index (χ3n) is 5.09. The van der Waals surface area contributed by atoms with Crippen molar-refractivity contribution in [3.05, 3.63) is 60.3 Å². The van der Waals surface area contributed by atoms with Crippen LogP contribution in [-0.4, -0.2) is 36.2 Å². The molecule has 6 heteroatoms. The maximum absolute atomic E-state index is 13.2. The SMILES string of the molecule is CNC(=O)C(CCC=O)N1C(=O)c2ccc(-c3ccccn3)c3cccc1c23. The summed E-state index contributed by atoms with van der Waals surface area (Å²) < 4.78 is 0. The number of aldehydes is 1. The number of hydrogen-bond donors (Lipinski definition) is 1. The lowest BCUT2D eigenvalue weighted by molar-refractivity contribution is -0.122. The van der Waals surface area contributed by atoms with Gasteiger partial charge in [0.2, 0.25) is 5.91 Å². The molecule has 2 amide bonds. The number of hydrogen-bond acceptors (Lipinski definition) is 4. The van der Waals surface area contributed by atoms with Crippen molar-refractivity contribution in [3.63, 3.8) is 0 Å². The fourth-order valence-corrected chi connectivity index (χ4v) is 3.83. The highest BCUT2D eigenvalue weighted by atomic mass is 16.2. The number of benzene rings is 2. The molecule has 140 valence electrons. The van der Waals surface area contributed by atoms with Crippen LogP contribution in [0.2, 0.25) is 0 Å². The van der Waals surface area contributed by atoms with Gasteiger partial charge in [-0.1, -0.05) is 24.3 Å². The van der Waals surface area contributed by atoms with Crippen molar-refractivity contribution in [1.29, 1.82) is 0 Å². The Hall–Kier alpha value is -3.54. The number of carbonyl (C=O) groups is 3. The molecular formula is C22H19N3O3. The Morgan fingerprint density at radius 2 is 1.96 bits per heavy atom. The van der Waals surface area contributed by atoms with E-state index in [0.717, 1.165) is 28.3 Å². The van der Waals surface area contributed by atoms with Crippen LogP contribution < -0.4 is 10.2 Å². The molecule has 0 fully saturated rings. The summed E-state index contributed by atoms with van der Waals surface area (Å²) in [6.07, 6.45) is 2.97. The predicted octanol–water partition coefficient (Wildman–Crippen LogP) is 2.96. The first-order valence-electron chi connectivity index (χ1n) is 9.13. The van der Waals surface area contributed by atoms with E-state index in [4.69, 9.17) is 0 Å². The second kappa shape index (κ2) is 7.23. The van der Waals surface area contributed by atoms with E-state index in [2.05, 4.69) is 10.3 Å². The summed E-state index contributed by atoms with van der Waals surface area (Å²) in [5.41, 5.74) is 3.00. The van der Waals surface area contributed by atoms with E-state index in [9.17, 15) is 14.4 Å². The van der Waals surface area contributed by atoms with Gasteiger partial charge >= 0.3 is 0 Å². The van der Waals surface area contributed by atoms with Gasteiger partial charge in [-0.2, -0.15) is 0 Å². The number of nitrogens with zero attached hydrogens (tertiary/aromatic N) is 2. The topological polar surface area (TPSA) is 79.4 Å². The summed E-state index contributed by atoms with van der Waals surface area (Å²) in [6.45, 7) is 0. The minimum absolute atomic E-state index is 0.202. The highest BCUT2D eigenvalue weighted by molar-refractivity contribution is 6.28. The minimum atomic E-state index is -0.737. The van der Waals surface area contributed by atoms with E-state index in [1.807, 2.05) is 42.5 Å². The largest absolute Gasteiger partial charge is 0.357 e. The number of anilines is 1. The Bertz CT molecular complexity index is 1080. The molecule has 0 radical (unpaired) electrons. The first-order chi connectivity index (χ1) is 13.7. The molecule has 0 saturated carbocycles. The van der Waals surface area contributed by atoms with E-state index >= 15 is 0 Å². The minimum Gasteiger partial charge on any atom is -0.357 e. The molecule has 1 N–H and O–H groups in total. The third-order valence-corrected chi connectivity index (χ3v) is 5.09. The van der Waals surface area contributed by atoms with Gasteiger partial charge in [0.1, 0.15) is 12.3 Å². The molecule has 3 aromatic rings. The number of likely N-dealkylation sites (N-methyl/N-ethyl adjacent to an activating group) is 1. The van der Waals surface area contributed by atoms with Gasteiger partial charge in [0.15, 0.2) is 0 Å². The quantitative estimate of drug-likeness (QED) is 0.674. The van der Waals surface area contributed by atoms with Gasteiger partial charge in [-0.05, 0) is 36.1 Å². The zero-order chi connectivity index (χ0) is 19.7. The van der Waals surface area contributed by atoms with Crippen molar-refractivity contribution in [2.75, 3.05) is 11.9 Å². The fourth-order valence-electron chi connectivity index (χ4n) is 3.83. The Kier molecular flexibility index (Phi) is 4.61. The number of carbonyl (C=O) groups excluding carboxylic acids is 3. The van der Waals surface area contributed by atoms with Gasteiger partial charge in [-0.15, -0.1) is 0 Å². The van der Waals surface area contributed by atoms with E-state index < -0.39 is 6.04 Å². The highest BCUT2D eigenvalue weighted by Crippen LogP contribution is 2.42. The van der Waals surface area contributed by atoms with Gasteiger partial charge in [-0.3, -0.25) is 19.5 Å². The zero-order valence-electron chi connectivity index (χ0n) is 15.4. The van der Waals surface area contributed by atoms with Gasteiger partial charge in [0, 0.05) is 36.2 Å². The molecule has 2 aromatic carbocycles. The van der Waals surface area contributed by atoms with Crippen LogP contribution in [0.4, 0.5) is 5.69 Å². The van der Waals surface area contributed by atoms with Crippen molar-refractivity contribution in [3.8, 4) is 11.3 Å². The molecule has 0 aliphatic carbocycles. The maximum Gasteiger partial charge on any atom is 0.259 e. The smallest absolute Gasteiger partial charge is 0.259 e. The second-order valence-corrected chi connectivity index (χ2v) is 6.62. The van der Waals surface area contributed by atoms with Crippen molar-refractivity contribution >= 4 is 34.6 Å². The molecule has 2 heterocycles. The first-order valence-corrected chi connectivity index (χ1v) is 9.13. The van der Waals surface area contributed by atoms with Crippen LogP contribution in [0.3, 0.4) is 0 Å². The van der Waals surface area contributed by atoms with Crippen LogP contribution in [0, 0.1) is 0 Å². The standard InChI is InChI=1S/C22H19N3O3/c1-23-21(27)19(9-5-13-26)25-18-8-4-6-15-14(17-7-2-3-12-24-17)10-11-16(20(15)18)22(25)28/h2-4,6-8,10-13,19H,5,9H2,1H3,(H,23,27). The van der Waals surface area contributed by atoms with E-state index in [-0.39, 0.29) is 24.7 Å². The van der Waals surface area contributed by atoms with Crippen molar-refractivity contribution in [2.45, 2.75) is 18.9 Å². The van der Waals surface area contributed by atoms with Crippen LogP contribution in [0.1, 0.15) is 23.2 Å². The molecule has 28 heavy (non-hydrogen) atoms. The second-order valence-electron chi connectivity index (χ2n) is 6.62. The molecule has 1 aliphatic heterocycles. The Labute approximate surface area is 162 Å². The van der Waals surface area contributed by atoms with Gasteiger partial charge in [-0.25, -0.2) is 0 Å². The van der Waals surface area contributed by atoms with Crippen LogP contribution in [0.5, 0.6) is 0 Å². The predicted molar refractivity (Wildman–Crippen MR) is 107 cm³/mol. The molecule has 1 aromatic heterocycles. The van der Waals surface area contributed by atoms with E-state index in [0.29, 0.717) is 11.3 Å². The lowest BCUT2D eigenvalue weighted by Gasteiger charge is -2.27. The van der Waals surface area contributed by atoms with Crippen molar-refractivity contribution in [1.82, 2.24) is 10.3 Å².